The van der Waals surface area contributed by atoms with Gasteiger partial charge in [0, 0.05) is 5.56 Å². The van der Waals surface area contributed by atoms with Gasteiger partial charge < -0.3 is 10.2 Å². The van der Waals surface area contributed by atoms with Crippen molar-refractivity contribution in [2.24, 2.45) is 0 Å². The highest BCUT2D eigenvalue weighted by atomic mass is 16.3. The normalized spacial score (nSPS) is 12.4. The Bertz CT molecular complexity index is 685. The minimum atomic E-state index is 0.302. The molecule has 0 unspecified atom stereocenters. The predicted octanol–water partition coefficient (Wildman–Crippen LogP) is 6.98. The molecule has 2 nitrogen and oxygen atoms in total. The van der Waals surface area contributed by atoms with Gasteiger partial charge in [-0.05, 0) is 97.3 Å². The van der Waals surface area contributed by atoms with Crippen molar-refractivity contribution in [3.8, 4) is 11.5 Å². The molecule has 0 aromatic heterocycles. The summed E-state index contributed by atoms with van der Waals surface area (Å²) in [6.45, 7) is 14.2. The van der Waals surface area contributed by atoms with Gasteiger partial charge in [-0.3, -0.25) is 0 Å². The van der Waals surface area contributed by atoms with E-state index in [4.69, 9.17) is 0 Å². The first-order valence-corrected chi connectivity index (χ1v) is 9.60. The zero-order valence-corrected chi connectivity index (χ0v) is 17.7. The van der Waals surface area contributed by atoms with E-state index in [-0.39, 0.29) is 0 Å². The lowest BCUT2D eigenvalue weighted by atomic mass is 9.94. The third-order valence-electron chi connectivity index (χ3n) is 5.14. The Kier molecular flexibility index (Phi) is 8.71. The van der Waals surface area contributed by atoms with E-state index in [9.17, 15) is 10.2 Å². The molecule has 0 aliphatic carbocycles. The Morgan fingerprint density at radius 2 is 1.19 bits per heavy atom. The van der Waals surface area contributed by atoms with Crippen LogP contribution in [0.1, 0.15) is 75.6 Å². The first-order valence-electron chi connectivity index (χ1n) is 9.60. The molecule has 1 aromatic carbocycles. The van der Waals surface area contributed by atoms with Crippen molar-refractivity contribution in [3.63, 3.8) is 0 Å². The number of rotatable bonds is 8. The summed E-state index contributed by atoms with van der Waals surface area (Å²) in [5, 5.41) is 20.6. The molecule has 0 aliphatic heterocycles. The van der Waals surface area contributed by atoms with Gasteiger partial charge in [0.05, 0.1) is 0 Å². The van der Waals surface area contributed by atoms with E-state index in [0.29, 0.717) is 17.9 Å². The van der Waals surface area contributed by atoms with Crippen molar-refractivity contribution in [3.05, 3.63) is 57.2 Å². The summed E-state index contributed by atoms with van der Waals surface area (Å²) in [6.07, 6.45) is 11.8. The molecule has 0 aliphatic rings. The van der Waals surface area contributed by atoms with E-state index in [1.165, 1.54) is 16.7 Å². The minimum absolute atomic E-state index is 0.302. The van der Waals surface area contributed by atoms with Crippen molar-refractivity contribution in [2.75, 3.05) is 0 Å². The molecule has 0 radical (unpaired) electrons. The lowest BCUT2D eigenvalue weighted by Gasteiger charge is -2.15. The molecule has 0 heterocycles. The number of phenolic OH excluding ortho intramolecular Hbond substituents is 2. The van der Waals surface area contributed by atoms with Crippen LogP contribution in [-0.2, 0) is 6.42 Å². The van der Waals surface area contributed by atoms with Crippen LogP contribution in [-0.4, -0.2) is 10.2 Å². The summed E-state index contributed by atoms with van der Waals surface area (Å²) >= 11 is 0. The van der Waals surface area contributed by atoms with Crippen LogP contribution >= 0.6 is 0 Å². The van der Waals surface area contributed by atoms with Crippen molar-refractivity contribution in [1.29, 1.82) is 0 Å². The van der Waals surface area contributed by atoms with E-state index in [2.05, 4.69) is 45.9 Å². The van der Waals surface area contributed by atoms with E-state index >= 15 is 0 Å². The third kappa shape index (κ3) is 6.40. The summed E-state index contributed by atoms with van der Waals surface area (Å²) < 4.78 is 0. The molecule has 2 N–H and O–H groups in total. The lowest BCUT2D eigenvalue weighted by Crippen LogP contribution is -1.96. The molecule has 1 aromatic rings. The highest BCUT2D eigenvalue weighted by molar-refractivity contribution is 5.57. The summed E-state index contributed by atoms with van der Waals surface area (Å²) in [5.74, 6) is 0.619. The third-order valence-corrected chi connectivity index (χ3v) is 5.14. The summed E-state index contributed by atoms with van der Waals surface area (Å²) in [6, 6.07) is 0. The van der Waals surface area contributed by atoms with Gasteiger partial charge in [0.1, 0.15) is 11.5 Å². The number of hydrogen-bond donors (Lipinski definition) is 2. The number of benzene rings is 1. The van der Waals surface area contributed by atoms with Crippen molar-refractivity contribution < 1.29 is 10.2 Å². The quantitative estimate of drug-likeness (QED) is 0.389. The Morgan fingerprint density at radius 1 is 0.692 bits per heavy atom. The first-order chi connectivity index (χ1) is 12.1. The summed E-state index contributed by atoms with van der Waals surface area (Å²) in [5.41, 5.74) is 7.29. The maximum absolute atomic E-state index is 10.4. The highest BCUT2D eigenvalue weighted by Crippen LogP contribution is 2.36. The molecular weight excluding hydrogens is 320 g/mol. The minimum Gasteiger partial charge on any atom is -0.507 e. The molecular formula is C24H36O2. The number of hydrogen-bond acceptors (Lipinski definition) is 2. The molecule has 2 heteroatoms. The number of phenols is 2. The van der Waals surface area contributed by atoms with E-state index in [0.717, 1.165) is 47.9 Å². The average molecular weight is 357 g/mol. The van der Waals surface area contributed by atoms with Crippen molar-refractivity contribution in [1.82, 2.24) is 0 Å². The fourth-order valence-electron chi connectivity index (χ4n) is 3.05. The maximum Gasteiger partial charge on any atom is 0.122 e. The van der Waals surface area contributed by atoms with Crippen LogP contribution in [0, 0.1) is 20.8 Å². The monoisotopic (exact) mass is 356 g/mol. The van der Waals surface area contributed by atoms with Gasteiger partial charge in [0.2, 0.25) is 0 Å². The lowest BCUT2D eigenvalue weighted by molar-refractivity contribution is 0.444. The van der Waals surface area contributed by atoms with Gasteiger partial charge in [-0.25, -0.2) is 0 Å². The topological polar surface area (TPSA) is 40.5 Å². The van der Waals surface area contributed by atoms with Crippen LogP contribution in [0.4, 0.5) is 0 Å². The fourth-order valence-corrected chi connectivity index (χ4v) is 3.05. The van der Waals surface area contributed by atoms with Crippen LogP contribution in [0.25, 0.3) is 0 Å². The van der Waals surface area contributed by atoms with Gasteiger partial charge in [-0.1, -0.05) is 34.9 Å². The standard InChI is InChI=1S/C24H36O2/c1-16(2)10-8-11-17(3)12-9-13-18(4)14-15-22-21(7)23(25)19(5)20(6)24(22)26/h10,12,14,25-26H,8-9,11,13,15H2,1-7H3/b17-12+,18-14+. The van der Waals surface area contributed by atoms with Gasteiger partial charge in [0.15, 0.2) is 0 Å². The molecule has 0 bridgehead atoms. The Morgan fingerprint density at radius 3 is 1.77 bits per heavy atom. The SMILES string of the molecule is CC(C)=CCC/C(C)=C/CC/C(C)=C/Cc1c(C)c(O)c(C)c(C)c1O. The van der Waals surface area contributed by atoms with Crippen molar-refractivity contribution >= 4 is 0 Å². The van der Waals surface area contributed by atoms with E-state index < -0.39 is 0 Å². The van der Waals surface area contributed by atoms with Gasteiger partial charge in [-0.2, -0.15) is 0 Å². The van der Waals surface area contributed by atoms with Crippen molar-refractivity contribution in [2.45, 2.75) is 80.6 Å². The molecule has 0 fully saturated rings. The summed E-state index contributed by atoms with van der Waals surface area (Å²) in [7, 11) is 0. The first kappa shape index (κ1) is 22.1. The second-order valence-electron chi connectivity index (χ2n) is 7.71. The number of allylic oxidation sites excluding steroid dienone is 6. The highest BCUT2D eigenvalue weighted by Gasteiger charge is 2.15. The molecule has 1 rings (SSSR count). The number of aromatic hydroxyl groups is 2. The van der Waals surface area contributed by atoms with E-state index in [1.54, 1.807) is 0 Å². The summed E-state index contributed by atoms with van der Waals surface area (Å²) in [4.78, 5) is 0. The molecule has 0 saturated carbocycles. The molecule has 0 saturated heterocycles. The molecule has 26 heavy (non-hydrogen) atoms. The van der Waals surface area contributed by atoms with E-state index in [1.807, 2.05) is 20.8 Å². The van der Waals surface area contributed by atoms with Gasteiger partial charge in [0.25, 0.3) is 0 Å². The van der Waals surface area contributed by atoms with Crippen LogP contribution < -0.4 is 0 Å². The molecule has 0 spiro atoms. The Hall–Kier alpha value is -1.96. The second kappa shape index (κ2) is 10.3. The maximum atomic E-state index is 10.4. The predicted molar refractivity (Wildman–Crippen MR) is 113 cm³/mol. The van der Waals surface area contributed by atoms with Gasteiger partial charge >= 0.3 is 0 Å². The smallest absolute Gasteiger partial charge is 0.122 e. The van der Waals surface area contributed by atoms with Crippen LogP contribution in [0.5, 0.6) is 11.5 Å². The molecule has 0 amide bonds. The van der Waals surface area contributed by atoms with Crippen LogP contribution in [0.3, 0.4) is 0 Å². The zero-order chi connectivity index (χ0) is 19.9. The Labute approximate surface area is 160 Å². The Balaban J connectivity index is 2.66. The second-order valence-corrected chi connectivity index (χ2v) is 7.71. The van der Waals surface area contributed by atoms with Crippen LogP contribution in [0.15, 0.2) is 34.9 Å². The largest absolute Gasteiger partial charge is 0.507 e. The van der Waals surface area contributed by atoms with Gasteiger partial charge in [-0.15, -0.1) is 0 Å². The molecule has 0 atom stereocenters. The fraction of sp³-hybridized carbons (Fsp3) is 0.500. The molecule has 144 valence electrons. The average Bonchev–Trinajstić information content (AvgIpc) is 2.58. The van der Waals surface area contributed by atoms with Crippen LogP contribution in [0.2, 0.25) is 0 Å². The zero-order valence-electron chi connectivity index (χ0n) is 17.7.